The minimum atomic E-state index is -0.385. The molecule has 4 heteroatoms. The number of hydrogen-bond donors (Lipinski definition) is 0. The number of rotatable bonds is 5. The van der Waals surface area contributed by atoms with Gasteiger partial charge in [0.2, 0.25) is 0 Å². The molecule has 0 aromatic heterocycles. The Morgan fingerprint density at radius 1 is 1.24 bits per heavy atom. The molecule has 0 N–H and O–H groups in total. The normalized spacial score (nSPS) is 10.1. The number of carbonyl (C=O) groups is 2. The van der Waals surface area contributed by atoms with Crippen molar-refractivity contribution in [1.82, 2.24) is 0 Å². The Labute approximate surface area is 106 Å². The lowest BCUT2D eigenvalue weighted by Crippen LogP contribution is -2.07. The van der Waals surface area contributed by atoms with Crippen LogP contribution in [0.5, 0.6) is 0 Å². The molecule has 0 saturated carbocycles. The van der Waals surface area contributed by atoms with Gasteiger partial charge in [-0.25, -0.2) is 4.79 Å². The number of carbonyl (C=O) groups excluding carboxylic acids is 2. The van der Waals surface area contributed by atoms with Crippen LogP contribution in [0.25, 0.3) is 0 Å². The molecule has 0 amide bonds. The van der Waals surface area contributed by atoms with E-state index in [9.17, 15) is 9.59 Å². The fourth-order valence-corrected chi connectivity index (χ4v) is 1.72. The van der Waals surface area contributed by atoms with Crippen molar-refractivity contribution in [3.63, 3.8) is 0 Å². The van der Waals surface area contributed by atoms with E-state index < -0.39 is 0 Å². The topological polar surface area (TPSA) is 43.4 Å². The van der Waals surface area contributed by atoms with Gasteiger partial charge >= 0.3 is 5.97 Å². The summed E-state index contributed by atoms with van der Waals surface area (Å²) in [5, 5.41) is 0. The molecule has 0 fully saturated rings. The summed E-state index contributed by atoms with van der Waals surface area (Å²) in [6.07, 6.45) is 0.303. The summed E-state index contributed by atoms with van der Waals surface area (Å²) in [5.74, 6) is -0.0335. The zero-order chi connectivity index (χ0) is 12.8. The first kappa shape index (κ1) is 13.7. The van der Waals surface area contributed by atoms with Gasteiger partial charge in [-0.05, 0) is 37.1 Å². The Hall–Kier alpha value is -1.35. The summed E-state index contributed by atoms with van der Waals surface area (Å²) < 4.78 is 4.92. The molecule has 0 saturated heterocycles. The van der Waals surface area contributed by atoms with E-state index in [1.165, 1.54) is 6.92 Å². The molecule has 0 aliphatic carbocycles. The SMILES string of the molecule is CCOC(=O)c1cc(CCl)cc(CC(C)=O)c1. The Balaban J connectivity index is 3.04. The van der Waals surface area contributed by atoms with Gasteiger partial charge in [-0.15, -0.1) is 11.6 Å². The molecule has 1 aromatic rings. The number of ketones is 1. The molecule has 92 valence electrons. The highest BCUT2D eigenvalue weighted by molar-refractivity contribution is 6.17. The summed E-state index contributed by atoms with van der Waals surface area (Å²) in [4.78, 5) is 22.7. The first-order chi connectivity index (χ1) is 8.06. The lowest BCUT2D eigenvalue weighted by atomic mass is 10.0. The van der Waals surface area contributed by atoms with Crippen LogP contribution in [0.2, 0.25) is 0 Å². The maximum atomic E-state index is 11.6. The molecule has 0 aliphatic rings. The van der Waals surface area contributed by atoms with Gasteiger partial charge in [0.15, 0.2) is 0 Å². The molecule has 0 radical (unpaired) electrons. The number of alkyl halides is 1. The molecular weight excluding hydrogens is 240 g/mol. The summed E-state index contributed by atoms with van der Waals surface area (Å²) in [6.45, 7) is 3.59. The van der Waals surface area contributed by atoms with Crippen molar-refractivity contribution in [1.29, 1.82) is 0 Å². The Kier molecular flexibility index (Phi) is 5.16. The average Bonchev–Trinajstić information content (AvgIpc) is 2.28. The molecule has 0 bridgehead atoms. The maximum absolute atomic E-state index is 11.6. The number of halogens is 1. The van der Waals surface area contributed by atoms with E-state index >= 15 is 0 Å². The first-order valence-corrected chi connectivity index (χ1v) is 5.95. The van der Waals surface area contributed by atoms with Crippen LogP contribution in [-0.4, -0.2) is 18.4 Å². The minimum Gasteiger partial charge on any atom is -0.462 e. The number of benzene rings is 1. The summed E-state index contributed by atoms with van der Waals surface area (Å²) in [5.41, 5.74) is 2.05. The maximum Gasteiger partial charge on any atom is 0.338 e. The van der Waals surface area contributed by atoms with Crippen molar-refractivity contribution in [2.45, 2.75) is 26.1 Å². The van der Waals surface area contributed by atoms with Crippen LogP contribution in [0, 0.1) is 0 Å². The number of esters is 1. The van der Waals surface area contributed by atoms with E-state index in [0.717, 1.165) is 11.1 Å². The van der Waals surface area contributed by atoms with Crippen LogP contribution in [0.3, 0.4) is 0 Å². The Morgan fingerprint density at radius 2 is 1.88 bits per heavy atom. The molecule has 0 spiro atoms. The molecule has 0 aliphatic heterocycles. The van der Waals surface area contributed by atoms with Gasteiger partial charge in [-0.1, -0.05) is 6.07 Å². The van der Waals surface area contributed by atoms with E-state index in [2.05, 4.69) is 0 Å². The van der Waals surface area contributed by atoms with Crippen molar-refractivity contribution in [3.05, 3.63) is 34.9 Å². The van der Waals surface area contributed by atoms with Gasteiger partial charge in [0, 0.05) is 12.3 Å². The van der Waals surface area contributed by atoms with Crippen LogP contribution >= 0.6 is 11.6 Å². The molecule has 17 heavy (non-hydrogen) atoms. The molecule has 0 atom stereocenters. The van der Waals surface area contributed by atoms with Crippen LogP contribution < -0.4 is 0 Å². The van der Waals surface area contributed by atoms with Gasteiger partial charge in [0.25, 0.3) is 0 Å². The molecular formula is C13H15ClO3. The lowest BCUT2D eigenvalue weighted by Gasteiger charge is -2.07. The highest BCUT2D eigenvalue weighted by Gasteiger charge is 2.10. The third-order valence-electron chi connectivity index (χ3n) is 2.17. The third-order valence-corrected chi connectivity index (χ3v) is 2.48. The highest BCUT2D eigenvalue weighted by Crippen LogP contribution is 2.14. The predicted octanol–water partition coefficient (Wildman–Crippen LogP) is 2.73. The Morgan fingerprint density at radius 3 is 2.41 bits per heavy atom. The molecule has 3 nitrogen and oxygen atoms in total. The van der Waals surface area contributed by atoms with Crippen LogP contribution in [-0.2, 0) is 21.8 Å². The number of Topliss-reactive ketones (excluding diaryl/α,β-unsaturated/α-hetero) is 1. The quantitative estimate of drug-likeness (QED) is 0.599. The van der Waals surface area contributed by atoms with Gasteiger partial charge < -0.3 is 4.74 Å². The van der Waals surface area contributed by atoms with Crippen LogP contribution in [0.4, 0.5) is 0 Å². The second-order valence-corrected chi connectivity index (χ2v) is 4.04. The van der Waals surface area contributed by atoms with Gasteiger partial charge in [-0.2, -0.15) is 0 Å². The second kappa shape index (κ2) is 6.40. The smallest absolute Gasteiger partial charge is 0.338 e. The third kappa shape index (κ3) is 4.19. The molecule has 1 rings (SSSR count). The number of hydrogen-bond acceptors (Lipinski definition) is 3. The van der Waals surface area contributed by atoms with Crippen molar-refractivity contribution in [2.75, 3.05) is 6.61 Å². The van der Waals surface area contributed by atoms with Crippen molar-refractivity contribution < 1.29 is 14.3 Å². The largest absolute Gasteiger partial charge is 0.462 e. The van der Waals surface area contributed by atoms with E-state index in [0.29, 0.717) is 24.5 Å². The number of ether oxygens (including phenoxy) is 1. The summed E-state index contributed by atoms with van der Waals surface area (Å²) in [6, 6.07) is 5.20. The first-order valence-electron chi connectivity index (χ1n) is 5.42. The minimum absolute atomic E-state index is 0.0477. The van der Waals surface area contributed by atoms with Crippen molar-refractivity contribution >= 4 is 23.4 Å². The van der Waals surface area contributed by atoms with Crippen LogP contribution in [0.1, 0.15) is 35.3 Å². The molecule has 0 heterocycles. The molecule has 0 unspecified atom stereocenters. The fraction of sp³-hybridized carbons (Fsp3) is 0.385. The van der Waals surface area contributed by atoms with E-state index in [4.69, 9.17) is 16.3 Å². The summed E-state index contributed by atoms with van der Waals surface area (Å²) >= 11 is 5.75. The predicted molar refractivity (Wildman–Crippen MR) is 66.3 cm³/mol. The van der Waals surface area contributed by atoms with E-state index in [-0.39, 0.29) is 11.8 Å². The average molecular weight is 255 g/mol. The van der Waals surface area contributed by atoms with Crippen molar-refractivity contribution in [3.8, 4) is 0 Å². The van der Waals surface area contributed by atoms with E-state index in [1.807, 2.05) is 6.07 Å². The fourth-order valence-electron chi connectivity index (χ4n) is 1.56. The van der Waals surface area contributed by atoms with Crippen LogP contribution in [0.15, 0.2) is 18.2 Å². The van der Waals surface area contributed by atoms with Gasteiger partial charge in [0.05, 0.1) is 12.2 Å². The van der Waals surface area contributed by atoms with Gasteiger partial charge in [0.1, 0.15) is 5.78 Å². The summed E-state index contributed by atoms with van der Waals surface area (Å²) in [7, 11) is 0. The lowest BCUT2D eigenvalue weighted by molar-refractivity contribution is -0.116. The monoisotopic (exact) mass is 254 g/mol. The zero-order valence-corrected chi connectivity index (χ0v) is 10.7. The van der Waals surface area contributed by atoms with Crippen molar-refractivity contribution in [2.24, 2.45) is 0 Å². The van der Waals surface area contributed by atoms with E-state index in [1.54, 1.807) is 19.1 Å². The standard InChI is InChI=1S/C13H15ClO3/c1-3-17-13(16)12-6-10(4-9(2)15)5-11(7-12)8-14/h5-7H,3-4,8H2,1-2H3. The highest BCUT2D eigenvalue weighted by atomic mass is 35.5. The second-order valence-electron chi connectivity index (χ2n) is 3.77. The zero-order valence-electron chi connectivity index (χ0n) is 9.96. The molecule has 1 aromatic carbocycles. The Bertz CT molecular complexity index is 427. The van der Waals surface area contributed by atoms with Gasteiger partial charge in [-0.3, -0.25) is 4.79 Å².